The van der Waals surface area contributed by atoms with Crippen molar-refractivity contribution in [3.8, 4) is 0 Å². The third-order valence-electron chi connectivity index (χ3n) is 3.99. The van der Waals surface area contributed by atoms with E-state index in [9.17, 15) is 8.42 Å². The summed E-state index contributed by atoms with van der Waals surface area (Å²) in [5.41, 5.74) is 0. The van der Waals surface area contributed by atoms with E-state index in [0.717, 1.165) is 30.7 Å². The Morgan fingerprint density at radius 3 is 1.28 bits per heavy atom. The van der Waals surface area contributed by atoms with E-state index in [1.165, 1.54) is 38.5 Å². The summed E-state index contributed by atoms with van der Waals surface area (Å²) in [4.78, 5) is 0. The molecule has 0 aliphatic rings. The van der Waals surface area contributed by atoms with E-state index in [1.807, 2.05) is 0 Å². The molecule has 0 aromatic carbocycles. The lowest BCUT2D eigenvalue weighted by molar-refractivity contribution is -0.928. The Balaban J connectivity index is 0. The average Bonchev–Trinajstić information content (AvgIpc) is 2.45. The number of quaternary nitrogens is 1. The van der Waals surface area contributed by atoms with Crippen LogP contribution < -0.4 is 0 Å². The molecule has 0 saturated heterocycles. The minimum absolute atomic E-state index is 0.0998. The fraction of sp³-hybridized carbons (Fsp3) is 1.00. The Morgan fingerprint density at radius 1 is 0.760 bits per heavy atom. The van der Waals surface area contributed by atoms with Crippen LogP contribution in [-0.4, -0.2) is 68.6 Å². The molecule has 0 rings (SSSR count). The zero-order chi connectivity index (χ0) is 20.0. The molecule has 0 amide bonds. The molecular formula is C16H37NO6S2. The van der Waals surface area contributed by atoms with E-state index in [1.54, 1.807) is 0 Å². The normalized spacial score (nSPS) is 12.6. The van der Waals surface area contributed by atoms with Gasteiger partial charge in [0.25, 0.3) is 10.1 Å². The second kappa shape index (κ2) is 13.9. The lowest BCUT2D eigenvalue weighted by Crippen LogP contribution is -2.51. The number of hydrogen-bond acceptors (Lipinski definition) is 5. The molecule has 0 aliphatic heterocycles. The number of rotatable bonds is 13. The summed E-state index contributed by atoms with van der Waals surface area (Å²) in [7, 11) is -7.73. The van der Waals surface area contributed by atoms with Crippen molar-refractivity contribution in [2.24, 2.45) is 0 Å². The Kier molecular flexibility index (Phi) is 15.0. The lowest BCUT2D eigenvalue weighted by atomic mass is 10.1. The van der Waals surface area contributed by atoms with Crippen molar-refractivity contribution in [3.63, 3.8) is 0 Å². The third kappa shape index (κ3) is 21.7. The Hall–Kier alpha value is -0.220. The fourth-order valence-corrected chi connectivity index (χ4v) is 3.23. The molecule has 0 fully saturated rings. The fourth-order valence-electron chi connectivity index (χ4n) is 2.73. The van der Waals surface area contributed by atoms with E-state index in [4.69, 9.17) is 17.5 Å². The van der Waals surface area contributed by atoms with Crippen LogP contribution in [0.3, 0.4) is 0 Å². The van der Waals surface area contributed by atoms with Gasteiger partial charge < -0.3 is 9.04 Å². The van der Waals surface area contributed by atoms with Gasteiger partial charge in [0, 0.05) is 12.7 Å². The van der Waals surface area contributed by atoms with Crippen LogP contribution in [0.5, 0.6) is 0 Å². The average molecular weight is 404 g/mol. The van der Waals surface area contributed by atoms with E-state index in [0.29, 0.717) is 12.7 Å². The molecule has 0 spiro atoms. The van der Waals surface area contributed by atoms with Crippen LogP contribution in [0.2, 0.25) is 0 Å². The van der Waals surface area contributed by atoms with Gasteiger partial charge in [-0.3, -0.25) is 4.55 Å². The predicted molar refractivity (Wildman–Crippen MR) is 101 cm³/mol. The van der Waals surface area contributed by atoms with Crippen LogP contribution in [0.4, 0.5) is 0 Å². The molecule has 0 saturated carbocycles. The van der Waals surface area contributed by atoms with Gasteiger partial charge >= 0.3 is 0 Å². The summed E-state index contributed by atoms with van der Waals surface area (Å²) in [6.45, 7) is 10.9. The van der Waals surface area contributed by atoms with Crippen molar-refractivity contribution in [1.29, 1.82) is 0 Å². The van der Waals surface area contributed by atoms with Crippen LogP contribution >= 0.6 is 0 Å². The molecule has 7 nitrogen and oxygen atoms in total. The summed E-state index contributed by atoms with van der Waals surface area (Å²) < 4.78 is 59.0. The highest BCUT2D eigenvalue weighted by atomic mass is 32.2. The molecule has 1 N–H and O–H groups in total. The van der Waals surface area contributed by atoms with Crippen LogP contribution in [0, 0.1) is 0 Å². The molecule has 0 bridgehead atoms. The van der Waals surface area contributed by atoms with Gasteiger partial charge in [0.1, 0.15) is 0 Å². The van der Waals surface area contributed by atoms with Crippen molar-refractivity contribution in [1.82, 2.24) is 0 Å². The number of unbranched alkanes of at least 4 members (excludes halogenated alkanes) is 3. The van der Waals surface area contributed by atoms with Crippen molar-refractivity contribution in [2.45, 2.75) is 65.7 Å². The lowest BCUT2D eigenvalue weighted by Gasteiger charge is -2.39. The molecule has 0 aliphatic carbocycles. The minimum Gasteiger partial charge on any atom is -0.748 e. The minimum atomic E-state index is -3.92. The first-order valence-corrected chi connectivity index (χ1v) is 12.5. The Morgan fingerprint density at radius 2 is 1.04 bits per heavy atom. The molecule has 0 heterocycles. The molecule has 9 heteroatoms. The zero-order valence-electron chi connectivity index (χ0n) is 16.2. The topological polar surface area (TPSA) is 112 Å². The number of nitrogens with zero attached hydrogens (tertiary/aromatic N) is 1. The highest BCUT2D eigenvalue weighted by Gasteiger charge is 2.26. The van der Waals surface area contributed by atoms with Gasteiger partial charge in [-0.05, 0) is 19.3 Å². The monoisotopic (exact) mass is 403 g/mol. The maximum absolute atomic E-state index is 10.9. The summed E-state index contributed by atoms with van der Waals surface area (Å²) in [6.07, 6.45) is 8.28. The zero-order valence-corrected chi connectivity index (χ0v) is 17.9. The summed E-state index contributed by atoms with van der Waals surface area (Å²) in [5.74, 6) is -0.0998. The van der Waals surface area contributed by atoms with Crippen molar-refractivity contribution < 1.29 is 30.4 Å². The van der Waals surface area contributed by atoms with Gasteiger partial charge in [-0.25, -0.2) is 8.42 Å². The van der Waals surface area contributed by atoms with Crippen LogP contribution in [0.25, 0.3) is 0 Å². The van der Waals surface area contributed by atoms with Gasteiger partial charge in [0.2, 0.25) is 0 Å². The van der Waals surface area contributed by atoms with E-state index < -0.39 is 20.2 Å². The van der Waals surface area contributed by atoms with E-state index in [-0.39, 0.29) is 5.75 Å². The van der Waals surface area contributed by atoms with Crippen molar-refractivity contribution in [2.75, 3.05) is 38.2 Å². The molecule has 0 unspecified atom stereocenters. The van der Waals surface area contributed by atoms with Crippen LogP contribution in [0.1, 0.15) is 65.7 Å². The SMILES string of the molecule is CCCC[N+](CCCC)(CCCC)CCCS(=O)(=O)O.CS(=O)(=O)[O-]. The number of hydrogen-bond donors (Lipinski definition) is 1. The largest absolute Gasteiger partial charge is 0.748 e. The van der Waals surface area contributed by atoms with E-state index in [2.05, 4.69) is 20.8 Å². The molecular weight excluding hydrogens is 366 g/mol. The summed E-state index contributed by atoms with van der Waals surface area (Å²) in [5, 5.41) is 0. The van der Waals surface area contributed by atoms with Gasteiger partial charge in [-0.2, -0.15) is 8.42 Å². The maximum Gasteiger partial charge on any atom is 0.265 e. The van der Waals surface area contributed by atoms with Gasteiger partial charge in [0.05, 0.1) is 42.1 Å². The quantitative estimate of drug-likeness (QED) is 0.374. The maximum atomic E-state index is 10.9. The van der Waals surface area contributed by atoms with Crippen LogP contribution in [-0.2, 0) is 20.2 Å². The van der Waals surface area contributed by atoms with Gasteiger partial charge in [-0.1, -0.05) is 40.0 Å². The molecule has 0 radical (unpaired) electrons. The van der Waals surface area contributed by atoms with Gasteiger partial charge in [0.15, 0.2) is 0 Å². The molecule has 0 atom stereocenters. The van der Waals surface area contributed by atoms with Crippen molar-refractivity contribution in [3.05, 3.63) is 0 Å². The summed E-state index contributed by atoms with van der Waals surface area (Å²) in [6, 6.07) is 0. The van der Waals surface area contributed by atoms with Crippen LogP contribution in [0.15, 0.2) is 0 Å². The summed E-state index contributed by atoms with van der Waals surface area (Å²) >= 11 is 0. The highest BCUT2D eigenvalue weighted by molar-refractivity contribution is 7.85. The smallest absolute Gasteiger partial charge is 0.265 e. The van der Waals surface area contributed by atoms with Crippen molar-refractivity contribution >= 4 is 20.2 Å². The second-order valence-electron chi connectivity index (χ2n) is 6.64. The first-order valence-electron chi connectivity index (χ1n) is 9.10. The van der Waals surface area contributed by atoms with Gasteiger partial charge in [-0.15, -0.1) is 0 Å². The molecule has 0 aromatic heterocycles. The first kappa shape index (κ1) is 27.0. The Bertz CT molecular complexity index is 487. The Labute approximate surface area is 154 Å². The first-order chi connectivity index (χ1) is 11.4. The molecule has 154 valence electrons. The molecule has 0 aromatic rings. The van der Waals surface area contributed by atoms with E-state index >= 15 is 0 Å². The highest BCUT2D eigenvalue weighted by Crippen LogP contribution is 2.16. The third-order valence-corrected chi connectivity index (χ3v) is 4.80. The second-order valence-corrected chi connectivity index (χ2v) is 9.62. The standard InChI is InChI=1S/C15H33NO3S.CH4O3S/c1-4-7-11-16(12-8-5-2,13-9-6-3)14-10-15-20(17,18)19;1-5(2,3)4/h4-15H2,1-3H3;1H3,(H,2,3,4). The molecule has 25 heavy (non-hydrogen) atoms. The predicted octanol–water partition coefficient (Wildman–Crippen LogP) is 2.64.